The summed E-state index contributed by atoms with van der Waals surface area (Å²) in [5.74, 6) is 1.55. The number of aryl methyl sites for hydroxylation is 2. The van der Waals surface area contributed by atoms with Gasteiger partial charge in [0.2, 0.25) is 0 Å². The van der Waals surface area contributed by atoms with Crippen LogP contribution in [-0.4, -0.2) is 26.1 Å². The molecule has 0 aromatic carbocycles. The Kier molecular flexibility index (Phi) is 4.52. The SMILES string of the molecule is CCCNc1nc(-c2cncn2CC)nc(C)c1Br. The van der Waals surface area contributed by atoms with E-state index in [1.165, 1.54) is 0 Å². The Bertz CT molecular complexity index is 564. The van der Waals surface area contributed by atoms with E-state index >= 15 is 0 Å². The molecule has 0 amide bonds. The Balaban J connectivity index is 2.44. The van der Waals surface area contributed by atoms with Crippen LogP contribution in [0.4, 0.5) is 5.82 Å². The van der Waals surface area contributed by atoms with Gasteiger partial charge in [-0.25, -0.2) is 15.0 Å². The molecule has 2 aromatic rings. The van der Waals surface area contributed by atoms with Crippen LogP contribution in [0.5, 0.6) is 0 Å². The van der Waals surface area contributed by atoms with Gasteiger partial charge in [0.05, 0.1) is 22.7 Å². The van der Waals surface area contributed by atoms with Gasteiger partial charge in [0.25, 0.3) is 0 Å². The topological polar surface area (TPSA) is 55.6 Å². The lowest BCUT2D eigenvalue weighted by Crippen LogP contribution is -2.07. The summed E-state index contributed by atoms with van der Waals surface area (Å²) in [6.45, 7) is 7.92. The highest BCUT2D eigenvalue weighted by Crippen LogP contribution is 2.26. The Hall–Kier alpha value is -1.43. The predicted molar refractivity (Wildman–Crippen MR) is 80.1 cm³/mol. The maximum Gasteiger partial charge on any atom is 0.180 e. The second-order valence-corrected chi connectivity index (χ2v) is 5.08. The molecular weight excluding hydrogens is 306 g/mol. The van der Waals surface area contributed by atoms with E-state index in [-0.39, 0.29) is 0 Å². The molecule has 0 radical (unpaired) electrons. The molecule has 2 aromatic heterocycles. The van der Waals surface area contributed by atoms with Crippen LogP contribution < -0.4 is 5.32 Å². The van der Waals surface area contributed by atoms with Crippen molar-refractivity contribution in [2.45, 2.75) is 33.7 Å². The van der Waals surface area contributed by atoms with Crippen molar-refractivity contribution in [2.75, 3.05) is 11.9 Å². The molecule has 0 aliphatic rings. The van der Waals surface area contributed by atoms with E-state index in [4.69, 9.17) is 0 Å². The van der Waals surface area contributed by atoms with Gasteiger partial charge >= 0.3 is 0 Å². The molecule has 19 heavy (non-hydrogen) atoms. The van der Waals surface area contributed by atoms with Crippen LogP contribution in [0.2, 0.25) is 0 Å². The molecule has 102 valence electrons. The van der Waals surface area contributed by atoms with E-state index in [0.717, 1.165) is 41.2 Å². The largest absolute Gasteiger partial charge is 0.369 e. The molecule has 0 saturated carbocycles. The lowest BCUT2D eigenvalue weighted by atomic mass is 10.3. The monoisotopic (exact) mass is 323 g/mol. The first-order valence-electron chi connectivity index (χ1n) is 6.45. The van der Waals surface area contributed by atoms with Crippen LogP contribution in [0.3, 0.4) is 0 Å². The van der Waals surface area contributed by atoms with Gasteiger partial charge in [0.15, 0.2) is 5.82 Å². The summed E-state index contributed by atoms with van der Waals surface area (Å²) in [5.41, 5.74) is 1.87. The minimum Gasteiger partial charge on any atom is -0.369 e. The highest BCUT2D eigenvalue weighted by Gasteiger charge is 2.13. The molecule has 0 bridgehead atoms. The molecule has 6 heteroatoms. The van der Waals surface area contributed by atoms with Gasteiger partial charge in [-0.05, 0) is 36.2 Å². The number of anilines is 1. The van der Waals surface area contributed by atoms with Crippen LogP contribution in [0, 0.1) is 6.92 Å². The zero-order valence-corrected chi connectivity index (χ0v) is 13.0. The molecule has 5 nitrogen and oxygen atoms in total. The van der Waals surface area contributed by atoms with E-state index < -0.39 is 0 Å². The summed E-state index contributed by atoms with van der Waals surface area (Å²) in [5, 5.41) is 3.32. The fraction of sp³-hybridized carbons (Fsp3) is 0.462. The number of hydrogen-bond donors (Lipinski definition) is 1. The second kappa shape index (κ2) is 6.14. The normalized spacial score (nSPS) is 10.7. The fourth-order valence-electron chi connectivity index (χ4n) is 1.79. The summed E-state index contributed by atoms with van der Waals surface area (Å²) in [7, 11) is 0. The van der Waals surface area contributed by atoms with Crippen molar-refractivity contribution in [3.05, 3.63) is 22.7 Å². The molecule has 1 N–H and O–H groups in total. The molecule has 0 saturated heterocycles. The third-order valence-electron chi connectivity index (χ3n) is 2.84. The lowest BCUT2D eigenvalue weighted by Gasteiger charge is -2.11. The second-order valence-electron chi connectivity index (χ2n) is 4.29. The van der Waals surface area contributed by atoms with Gasteiger partial charge in [0, 0.05) is 13.1 Å². The fourth-order valence-corrected chi connectivity index (χ4v) is 2.11. The Morgan fingerprint density at radius 3 is 2.79 bits per heavy atom. The Labute approximate surface area is 121 Å². The maximum atomic E-state index is 4.59. The van der Waals surface area contributed by atoms with Crippen LogP contribution in [0.15, 0.2) is 17.0 Å². The summed E-state index contributed by atoms with van der Waals surface area (Å²) in [6.07, 6.45) is 4.66. The van der Waals surface area contributed by atoms with Crippen LogP contribution in [-0.2, 0) is 6.54 Å². The average Bonchev–Trinajstić information content (AvgIpc) is 2.88. The first kappa shape index (κ1) is 14.0. The number of aromatic nitrogens is 4. The summed E-state index contributed by atoms with van der Waals surface area (Å²) < 4.78 is 2.96. The van der Waals surface area contributed by atoms with Crippen LogP contribution in [0.1, 0.15) is 26.0 Å². The van der Waals surface area contributed by atoms with E-state index in [1.54, 1.807) is 12.5 Å². The first-order valence-corrected chi connectivity index (χ1v) is 7.25. The highest BCUT2D eigenvalue weighted by atomic mass is 79.9. The number of rotatable bonds is 5. The highest BCUT2D eigenvalue weighted by molar-refractivity contribution is 9.10. The Morgan fingerprint density at radius 1 is 1.32 bits per heavy atom. The standard InChI is InChI=1S/C13H18BrN5/c1-4-6-16-13-11(14)9(3)17-12(18-13)10-7-15-8-19(10)5-2/h7-8H,4-6H2,1-3H3,(H,16,17,18). The van der Waals surface area contributed by atoms with Gasteiger partial charge < -0.3 is 9.88 Å². The minimum atomic E-state index is 0.707. The maximum absolute atomic E-state index is 4.59. The van der Waals surface area contributed by atoms with Crippen molar-refractivity contribution in [1.29, 1.82) is 0 Å². The number of nitrogens with one attached hydrogen (secondary N) is 1. The van der Waals surface area contributed by atoms with Crippen molar-refractivity contribution in [3.63, 3.8) is 0 Å². The lowest BCUT2D eigenvalue weighted by molar-refractivity contribution is 0.763. The van der Waals surface area contributed by atoms with E-state index in [2.05, 4.69) is 50.0 Å². The minimum absolute atomic E-state index is 0.707. The molecule has 0 aliphatic heterocycles. The van der Waals surface area contributed by atoms with Gasteiger partial charge in [0.1, 0.15) is 11.5 Å². The number of imidazole rings is 1. The smallest absolute Gasteiger partial charge is 0.180 e. The van der Waals surface area contributed by atoms with Crippen molar-refractivity contribution >= 4 is 21.7 Å². The number of halogens is 1. The molecule has 0 aliphatic carbocycles. The van der Waals surface area contributed by atoms with Gasteiger partial charge in [-0.2, -0.15) is 0 Å². The molecule has 0 spiro atoms. The third-order valence-corrected chi connectivity index (χ3v) is 3.79. The zero-order chi connectivity index (χ0) is 13.8. The first-order chi connectivity index (χ1) is 9.17. The number of nitrogens with zero attached hydrogens (tertiary/aromatic N) is 4. The summed E-state index contributed by atoms with van der Waals surface area (Å²) in [6, 6.07) is 0. The number of hydrogen-bond acceptors (Lipinski definition) is 4. The molecule has 2 heterocycles. The van der Waals surface area contributed by atoms with Crippen molar-refractivity contribution in [2.24, 2.45) is 0 Å². The molecule has 2 rings (SSSR count). The molecular formula is C13H18BrN5. The Morgan fingerprint density at radius 2 is 2.11 bits per heavy atom. The van der Waals surface area contributed by atoms with Crippen LogP contribution in [0.25, 0.3) is 11.5 Å². The molecule has 0 unspecified atom stereocenters. The van der Waals surface area contributed by atoms with Gasteiger partial charge in [-0.15, -0.1) is 0 Å². The van der Waals surface area contributed by atoms with Crippen molar-refractivity contribution in [3.8, 4) is 11.5 Å². The summed E-state index contributed by atoms with van der Waals surface area (Å²) in [4.78, 5) is 13.3. The molecule has 0 fully saturated rings. The van der Waals surface area contributed by atoms with Crippen molar-refractivity contribution < 1.29 is 0 Å². The molecule has 0 atom stereocenters. The quantitative estimate of drug-likeness (QED) is 0.917. The zero-order valence-electron chi connectivity index (χ0n) is 11.4. The van der Waals surface area contributed by atoms with E-state index in [9.17, 15) is 0 Å². The van der Waals surface area contributed by atoms with Crippen molar-refractivity contribution in [1.82, 2.24) is 19.5 Å². The third kappa shape index (κ3) is 2.94. The van der Waals surface area contributed by atoms with E-state index in [0.29, 0.717) is 5.82 Å². The average molecular weight is 324 g/mol. The van der Waals surface area contributed by atoms with E-state index in [1.807, 2.05) is 11.5 Å². The predicted octanol–water partition coefficient (Wildman–Crippen LogP) is 3.25. The van der Waals surface area contributed by atoms with Crippen LogP contribution >= 0.6 is 15.9 Å². The van der Waals surface area contributed by atoms with Gasteiger partial charge in [-0.3, -0.25) is 0 Å². The summed E-state index contributed by atoms with van der Waals surface area (Å²) >= 11 is 3.53. The van der Waals surface area contributed by atoms with Gasteiger partial charge in [-0.1, -0.05) is 6.92 Å².